The number of imidazole rings is 1. The quantitative estimate of drug-likeness (QED) is 0.752. The highest BCUT2D eigenvalue weighted by molar-refractivity contribution is 8.00. The largest absolute Gasteiger partial charge is 0.508 e. The highest BCUT2D eigenvalue weighted by Crippen LogP contribution is 2.42. The second-order valence-corrected chi connectivity index (χ2v) is 6.61. The molecule has 1 aliphatic rings. The number of carbonyl (C=O) groups is 1. The van der Waals surface area contributed by atoms with Gasteiger partial charge in [0.2, 0.25) is 5.91 Å². The van der Waals surface area contributed by atoms with Crippen molar-refractivity contribution >= 4 is 23.5 Å². The Hall–Kier alpha value is -2.73. The van der Waals surface area contributed by atoms with E-state index in [0.717, 1.165) is 16.9 Å². The van der Waals surface area contributed by atoms with Crippen molar-refractivity contribution in [1.29, 1.82) is 0 Å². The van der Waals surface area contributed by atoms with Gasteiger partial charge in [-0.1, -0.05) is 30.3 Å². The van der Waals surface area contributed by atoms with Gasteiger partial charge >= 0.3 is 0 Å². The van der Waals surface area contributed by atoms with Crippen LogP contribution in [-0.4, -0.2) is 26.3 Å². The predicted molar refractivity (Wildman–Crippen MR) is 94.6 cm³/mol. The molecule has 1 aliphatic heterocycles. The number of aromatic hydroxyl groups is 1. The van der Waals surface area contributed by atoms with Gasteiger partial charge < -0.3 is 10.4 Å². The zero-order valence-electron chi connectivity index (χ0n) is 12.7. The zero-order chi connectivity index (χ0) is 16.5. The standard InChI is InChI=1S/C18H15N3O2S/c22-14-8-4-5-12(9-14)17-16-18(20-15(23)10-24-17)19-11-21(16)13-6-2-1-3-7-13/h1-9,11,17,22H,10H2,(H,20,23)/t17-/m0/s1. The molecule has 0 spiro atoms. The van der Waals surface area contributed by atoms with Crippen LogP contribution in [0.3, 0.4) is 0 Å². The minimum Gasteiger partial charge on any atom is -0.508 e. The van der Waals surface area contributed by atoms with Crippen LogP contribution < -0.4 is 5.32 Å². The number of hydrogen-bond acceptors (Lipinski definition) is 4. The van der Waals surface area contributed by atoms with Gasteiger partial charge in [0.05, 0.1) is 16.7 Å². The van der Waals surface area contributed by atoms with Crippen LogP contribution in [0.25, 0.3) is 5.69 Å². The maximum absolute atomic E-state index is 12.0. The molecule has 0 saturated heterocycles. The van der Waals surface area contributed by atoms with Crippen LogP contribution >= 0.6 is 11.8 Å². The number of benzene rings is 2. The maximum Gasteiger partial charge on any atom is 0.235 e. The maximum atomic E-state index is 12.0. The molecule has 2 aromatic carbocycles. The Morgan fingerprint density at radius 3 is 2.79 bits per heavy atom. The lowest BCUT2D eigenvalue weighted by atomic mass is 10.1. The van der Waals surface area contributed by atoms with Gasteiger partial charge in [-0.25, -0.2) is 4.98 Å². The Bertz CT molecular complexity index is 892. The molecular weight excluding hydrogens is 322 g/mol. The Morgan fingerprint density at radius 2 is 2.00 bits per heavy atom. The minimum absolute atomic E-state index is 0.0674. The monoisotopic (exact) mass is 337 g/mol. The third-order valence-electron chi connectivity index (χ3n) is 3.90. The Morgan fingerprint density at radius 1 is 1.17 bits per heavy atom. The average molecular weight is 337 g/mol. The van der Waals surface area contributed by atoms with Gasteiger partial charge in [-0.2, -0.15) is 0 Å². The first-order valence-corrected chi connectivity index (χ1v) is 8.60. The van der Waals surface area contributed by atoms with Crippen LogP contribution in [0.1, 0.15) is 16.5 Å². The van der Waals surface area contributed by atoms with E-state index >= 15 is 0 Å². The second kappa shape index (κ2) is 6.05. The number of hydrogen-bond donors (Lipinski definition) is 2. The summed E-state index contributed by atoms with van der Waals surface area (Å²) >= 11 is 1.53. The number of amides is 1. The third kappa shape index (κ3) is 2.65. The highest BCUT2D eigenvalue weighted by Gasteiger charge is 2.29. The van der Waals surface area contributed by atoms with E-state index in [4.69, 9.17) is 0 Å². The molecule has 6 heteroatoms. The lowest BCUT2D eigenvalue weighted by Crippen LogP contribution is -2.12. The van der Waals surface area contributed by atoms with Gasteiger partial charge in [0, 0.05) is 5.69 Å². The van der Waals surface area contributed by atoms with Gasteiger partial charge in [0.1, 0.15) is 12.1 Å². The van der Waals surface area contributed by atoms with Crippen molar-refractivity contribution in [3.63, 3.8) is 0 Å². The molecule has 0 radical (unpaired) electrons. The molecule has 2 N–H and O–H groups in total. The van der Waals surface area contributed by atoms with Crippen molar-refractivity contribution in [3.05, 3.63) is 72.2 Å². The molecule has 4 rings (SSSR count). The van der Waals surface area contributed by atoms with Crippen LogP contribution in [0.4, 0.5) is 5.82 Å². The van der Waals surface area contributed by atoms with Gasteiger partial charge in [-0.05, 0) is 29.8 Å². The minimum atomic E-state index is -0.103. The van der Waals surface area contributed by atoms with E-state index in [9.17, 15) is 9.90 Å². The van der Waals surface area contributed by atoms with Crippen molar-refractivity contribution < 1.29 is 9.90 Å². The lowest BCUT2D eigenvalue weighted by molar-refractivity contribution is -0.113. The predicted octanol–water partition coefficient (Wildman–Crippen LogP) is 3.35. The molecule has 24 heavy (non-hydrogen) atoms. The number of nitrogens with zero attached hydrogens (tertiary/aromatic N) is 2. The van der Waals surface area contributed by atoms with E-state index in [2.05, 4.69) is 10.3 Å². The van der Waals surface area contributed by atoms with Gasteiger partial charge in [-0.3, -0.25) is 9.36 Å². The Balaban J connectivity index is 1.89. The first-order chi connectivity index (χ1) is 11.7. The summed E-state index contributed by atoms with van der Waals surface area (Å²) in [5, 5.41) is 12.6. The van der Waals surface area contributed by atoms with E-state index in [1.165, 1.54) is 11.8 Å². The molecule has 3 aromatic rings. The second-order valence-electron chi connectivity index (χ2n) is 5.52. The molecule has 0 saturated carbocycles. The number of phenolic OH excluding ortho intramolecular Hbond substituents is 1. The van der Waals surface area contributed by atoms with E-state index < -0.39 is 0 Å². The van der Waals surface area contributed by atoms with Crippen LogP contribution in [0.5, 0.6) is 5.75 Å². The molecule has 0 bridgehead atoms. The number of para-hydroxylation sites is 1. The van der Waals surface area contributed by atoms with Crippen molar-refractivity contribution in [2.75, 3.05) is 11.1 Å². The normalized spacial score (nSPS) is 17.0. The van der Waals surface area contributed by atoms with Crippen LogP contribution in [0.2, 0.25) is 0 Å². The number of carbonyl (C=O) groups excluding carboxylic acids is 1. The van der Waals surface area contributed by atoms with Crippen LogP contribution in [0.15, 0.2) is 60.9 Å². The number of phenols is 1. The van der Waals surface area contributed by atoms with E-state index in [1.807, 2.05) is 47.0 Å². The summed E-state index contributed by atoms with van der Waals surface area (Å²) in [6.07, 6.45) is 1.72. The number of thioether (sulfide) groups is 1. The fourth-order valence-electron chi connectivity index (χ4n) is 2.85. The number of anilines is 1. The Kier molecular flexibility index (Phi) is 3.74. The van der Waals surface area contributed by atoms with E-state index in [0.29, 0.717) is 11.6 Å². The lowest BCUT2D eigenvalue weighted by Gasteiger charge is -2.18. The fraction of sp³-hybridized carbons (Fsp3) is 0.111. The highest BCUT2D eigenvalue weighted by atomic mass is 32.2. The molecule has 1 atom stereocenters. The molecule has 1 amide bonds. The fourth-order valence-corrected chi connectivity index (χ4v) is 3.96. The number of rotatable bonds is 2. The summed E-state index contributed by atoms with van der Waals surface area (Å²) in [6, 6.07) is 17.0. The average Bonchev–Trinajstić information content (AvgIpc) is 2.92. The molecule has 5 nitrogen and oxygen atoms in total. The van der Waals surface area contributed by atoms with Crippen molar-refractivity contribution in [2.24, 2.45) is 0 Å². The summed E-state index contributed by atoms with van der Waals surface area (Å²) in [7, 11) is 0. The molecule has 0 unspecified atom stereocenters. The molecule has 0 aliphatic carbocycles. The van der Waals surface area contributed by atoms with Crippen molar-refractivity contribution in [1.82, 2.24) is 9.55 Å². The molecule has 2 heterocycles. The molecule has 1 aromatic heterocycles. The van der Waals surface area contributed by atoms with E-state index in [-0.39, 0.29) is 16.9 Å². The summed E-state index contributed by atoms with van der Waals surface area (Å²) in [5.41, 5.74) is 2.83. The summed E-state index contributed by atoms with van der Waals surface area (Å²) in [6.45, 7) is 0. The van der Waals surface area contributed by atoms with Crippen molar-refractivity contribution in [2.45, 2.75) is 5.25 Å². The Labute approximate surface area is 143 Å². The third-order valence-corrected chi connectivity index (χ3v) is 5.16. The summed E-state index contributed by atoms with van der Waals surface area (Å²) in [4.78, 5) is 16.4. The topological polar surface area (TPSA) is 67.1 Å². The molecule has 120 valence electrons. The number of nitrogens with one attached hydrogen (secondary N) is 1. The van der Waals surface area contributed by atoms with Crippen LogP contribution in [-0.2, 0) is 4.79 Å². The number of aromatic nitrogens is 2. The van der Waals surface area contributed by atoms with E-state index in [1.54, 1.807) is 18.5 Å². The van der Waals surface area contributed by atoms with Crippen molar-refractivity contribution in [3.8, 4) is 11.4 Å². The van der Waals surface area contributed by atoms with Gasteiger partial charge in [-0.15, -0.1) is 11.8 Å². The first-order valence-electron chi connectivity index (χ1n) is 7.55. The van der Waals surface area contributed by atoms with Crippen LogP contribution in [0, 0.1) is 0 Å². The van der Waals surface area contributed by atoms with Gasteiger partial charge in [0.25, 0.3) is 0 Å². The zero-order valence-corrected chi connectivity index (χ0v) is 13.5. The molecule has 0 fully saturated rings. The first kappa shape index (κ1) is 14.8. The smallest absolute Gasteiger partial charge is 0.235 e. The summed E-state index contributed by atoms with van der Waals surface area (Å²) < 4.78 is 1.99. The summed E-state index contributed by atoms with van der Waals surface area (Å²) in [5.74, 6) is 1.05. The van der Waals surface area contributed by atoms with Gasteiger partial charge in [0.15, 0.2) is 5.82 Å². The molecular formula is C18H15N3O2S. The SMILES string of the molecule is O=C1CS[C@@H](c2cccc(O)c2)c2c(ncn2-c2ccccc2)N1. The number of fused-ring (bicyclic) bond motifs is 1.